The maximum atomic E-state index is 12.2. The number of benzene rings is 1. The molecule has 1 aliphatic heterocycles. The molecule has 5 nitrogen and oxygen atoms in total. The molecule has 2 aromatic rings. The topological polar surface area (TPSA) is 68.3 Å². The fraction of sp³-hybridized carbons (Fsp3) is 0.0714. The van der Waals surface area contributed by atoms with E-state index in [0.29, 0.717) is 22.6 Å². The number of carbonyl (C=O) groups is 2. The van der Waals surface area contributed by atoms with E-state index in [1.54, 1.807) is 42.7 Å². The Hall–Kier alpha value is -2.69. The number of nitrogens with one attached hydrogen (secondary N) is 1. The molecule has 94 valence electrons. The van der Waals surface area contributed by atoms with Crippen molar-refractivity contribution in [2.45, 2.75) is 0 Å². The van der Waals surface area contributed by atoms with E-state index in [-0.39, 0.29) is 18.3 Å². The molecule has 0 saturated carbocycles. The van der Waals surface area contributed by atoms with Crippen molar-refractivity contribution in [2.75, 3.05) is 11.9 Å². The van der Waals surface area contributed by atoms with Crippen LogP contribution in [0.15, 0.2) is 42.7 Å². The lowest BCUT2D eigenvalue weighted by molar-refractivity contribution is -0.118. The normalized spacial score (nSPS) is 13.2. The lowest BCUT2D eigenvalue weighted by Crippen LogP contribution is -2.25. The van der Waals surface area contributed by atoms with Crippen molar-refractivity contribution in [2.24, 2.45) is 0 Å². The molecule has 1 N–H and O–H groups in total. The zero-order valence-electron chi connectivity index (χ0n) is 9.92. The van der Waals surface area contributed by atoms with Crippen LogP contribution in [-0.2, 0) is 4.79 Å². The quantitative estimate of drug-likeness (QED) is 0.827. The van der Waals surface area contributed by atoms with Gasteiger partial charge in [-0.3, -0.25) is 14.6 Å². The molecular formula is C14H10N2O3. The van der Waals surface area contributed by atoms with Gasteiger partial charge in [0.15, 0.2) is 12.4 Å². The summed E-state index contributed by atoms with van der Waals surface area (Å²) in [7, 11) is 0. The molecule has 0 saturated heterocycles. The second kappa shape index (κ2) is 4.53. The molecule has 0 atom stereocenters. The highest BCUT2D eigenvalue weighted by Gasteiger charge is 2.18. The van der Waals surface area contributed by atoms with E-state index in [0.717, 1.165) is 0 Å². The van der Waals surface area contributed by atoms with Crippen LogP contribution in [0.5, 0.6) is 5.75 Å². The minimum absolute atomic E-state index is 0.00461. The van der Waals surface area contributed by atoms with Crippen LogP contribution in [0.1, 0.15) is 15.9 Å². The lowest BCUT2D eigenvalue weighted by Gasteiger charge is -2.18. The van der Waals surface area contributed by atoms with Gasteiger partial charge in [0.1, 0.15) is 5.75 Å². The molecule has 19 heavy (non-hydrogen) atoms. The second-order valence-electron chi connectivity index (χ2n) is 4.11. The van der Waals surface area contributed by atoms with E-state index in [1.807, 2.05) is 0 Å². The summed E-state index contributed by atoms with van der Waals surface area (Å²) in [5, 5.41) is 2.68. The largest absolute Gasteiger partial charge is 0.482 e. The molecule has 0 spiro atoms. The van der Waals surface area contributed by atoms with Gasteiger partial charge in [-0.2, -0.15) is 0 Å². The van der Waals surface area contributed by atoms with Crippen LogP contribution in [0.25, 0.3) is 0 Å². The molecule has 3 rings (SSSR count). The average molecular weight is 254 g/mol. The SMILES string of the molecule is O=C1COc2ccc(C(=O)c3ccncc3)cc2N1. The van der Waals surface area contributed by atoms with Gasteiger partial charge in [-0.15, -0.1) is 0 Å². The molecule has 0 unspecified atom stereocenters. The summed E-state index contributed by atoms with van der Waals surface area (Å²) < 4.78 is 5.24. The van der Waals surface area contributed by atoms with Crippen molar-refractivity contribution in [1.29, 1.82) is 0 Å². The van der Waals surface area contributed by atoms with Gasteiger partial charge >= 0.3 is 0 Å². The van der Waals surface area contributed by atoms with Crippen molar-refractivity contribution in [1.82, 2.24) is 4.98 Å². The van der Waals surface area contributed by atoms with E-state index in [1.165, 1.54) is 0 Å². The first-order chi connectivity index (χ1) is 9.24. The van der Waals surface area contributed by atoms with Gasteiger partial charge in [-0.25, -0.2) is 0 Å². The summed E-state index contributed by atoms with van der Waals surface area (Å²) in [5.41, 5.74) is 1.57. The number of anilines is 1. The summed E-state index contributed by atoms with van der Waals surface area (Å²) in [5.74, 6) is 0.233. The molecular weight excluding hydrogens is 244 g/mol. The summed E-state index contributed by atoms with van der Waals surface area (Å²) in [6.45, 7) is 0.00461. The molecule has 0 bridgehead atoms. The third-order valence-corrected chi connectivity index (χ3v) is 2.82. The number of amides is 1. The van der Waals surface area contributed by atoms with Crippen molar-refractivity contribution in [3.63, 3.8) is 0 Å². The minimum Gasteiger partial charge on any atom is -0.482 e. The van der Waals surface area contributed by atoms with E-state index < -0.39 is 0 Å². The Morgan fingerprint density at radius 1 is 1.16 bits per heavy atom. The Bertz CT molecular complexity index is 653. The summed E-state index contributed by atoms with van der Waals surface area (Å²) in [6, 6.07) is 8.28. The Morgan fingerprint density at radius 2 is 1.95 bits per heavy atom. The standard InChI is InChI=1S/C14H10N2O3/c17-13-8-19-12-2-1-10(7-11(12)16-13)14(18)9-3-5-15-6-4-9/h1-7H,8H2,(H,16,17). The van der Waals surface area contributed by atoms with Gasteiger partial charge in [-0.1, -0.05) is 0 Å². The van der Waals surface area contributed by atoms with Crippen LogP contribution in [0, 0.1) is 0 Å². The molecule has 0 radical (unpaired) electrons. The van der Waals surface area contributed by atoms with Crippen molar-refractivity contribution >= 4 is 17.4 Å². The van der Waals surface area contributed by atoms with Crippen molar-refractivity contribution in [3.8, 4) is 5.75 Å². The molecule has 5 heteroatoms. The number of hydrogen-bond acceptors (Lipinski definition) is 4. The number of ketones is 1. The van der Waals surface area contributed by atoms with Crippen LogP contribution < -0.4 is 10.1 Å². The Labute approximate surface area is 109 Å². The first-order valence-electron chi connectivity index (χ1n) is 5.75. The molecule has 2 heterocycles. The maximum absolute atomic E-state index is 12.2. The third kappa shape index (κ3) is 2.18. The highest BCUT2D eigenvalue weighted by Crippen LogP contribution is 2.29. The van der Waals surface area contributed by atoms with Crippen LogP contribution in [-0.4, -0.2) is 23.3 Å². The maximum Gasteiger partial charge on any atom is 0.262 e. The first kappa shape index (κ1) is 11.4. The van der Waals surface area contributed by atoms with Crippen molar-refractivity contribution in [3.05, 3.63) is 53.9 Å². The Balaban J connectivity index is 1.96. The Kier molecular flexibility index (Phi) is 2.72. The number of carbonyl (C=O) groups excluding carboxylic acids is 2. The van der Waals surface area contributed by atoms with E-state index in [2.05, 4.69) is 10.3 Å². The minimum atomic E-state index is -0.221. The first-order valence-corrected chi connectivity index (χ1v) is 5.75. The molecule has 1 aliphatic rings. The molecule has 1 aromatic heterocycles. The highest BCUT2D eigenvalue weighted by atomic mass is 16.5. The average Bonchev–Trinajstić information content (AvgIpc) is 2.46. The second-order valence-corrected chi connectivity index (χ2v) is 4.11. The predicted octanol–water partition coefficient (Wildman–Crippen LogP) is 1.64. The van der Waals surface area contributed by atoms with Crippen LogP contribution in [0.3, 0.4) is 0 Å². The zero-order valence-corrected chi connectivity index (χ0v) is 9.92. The molecule has 0 aliphatic carbocycles. The fourth-order valence-electron chi connectivity index (χ4n) is 1.89. The Morgan fingerprint density at radius 3 is 2.74 bits per heavy atom. The van der Waals surface area contributed by atoms with Crippen LogP contribution in [0.2, 0.25) is 0 Å². The van der Waals surface area contributed by atoms with Gasteiger partial charge < -0.3 is 10.1 Å². The zero-order chi connectivity index (χ0) is 13.2. The van der Waals surface area contributed by atoms with Gasteiger partial charge in [0.05, 0.1) is 5.69 Å². The summed E-state index contributed by atoms with van der Waals surface area (Å²) >= 11 is 0. The van der Waals surface area contributed by atoms with Gasteiger partial charge in [0, 0.05) is 23.5 Å². The number of aromatic nitrogens is 1. The van der Waals surface area contributed by atoms with Crippen LogP contribution >= 0.6 is 0 Å². The number of ether oxygens (including phenoxy) is 1. The molecule has 0 fully saturated rings. The van der Waals surface area contributed by atoms with Crippen molar-refractivity contribution < 1.29 is 14.3 Å². The number of fused-ring (bicyclic) bond motifs is 1. The fourth-order valence-corrected chi connectivity index (χ4v) is 1.89. The summed E-state index contributed by atoms with van der Waals surface area (Å²) in [4.78, 5) is 27.4. The smallest absolute Gasteiger partial charge is 0.262 e. The number of nitrogens with zero attached hydrogens (tertiary/aromatic N) is 1. The number of pyridine rings is 1. The number of rotatable bonds is 2. The highest BCUT2D eigenvalue weighted by molar-refractivity contribution is 6.10. The molecule has 1 aromatic carbocycles. The van der Waals surface area contributed by atoms with E-state index >= 15 is 0 Å². The van der Waals surface area contributed by atoms with Gasteiger partial charge in [-0.05, 0) is 30.3 Å². The van der Waals surface area contributed by atoms with E-state index in [4.69, 9.17) is 4.74 Å². The monoisotopic (exact) mass is 254 g/mol. The third-order valence-electron chi connectivity index (χ3n) is 2.82. The van der Waals surface area contributed by atoms with Crippen LogP contribution in [0.4, 0.5) is 5.69 Å². The molecule has 1 amide bonds. The summed E-state index contributed by atoms with van der Waals surface area (Å²) in [6.07, 6.45) is 3.13. The van der Waals surface area contributed by atoms with E-state index in [9.17, 15) is 9.59 Å². The predicted molar refractivity (Wildman–Crippen MR) is 68.2 cm³/mol. The lowest BCUT2D eigenvalue weighted by atomic mass is 10.0. The number of hydrogen-bond donors (Lipinski definition) is 1. The van der Waals surface area contributed by atoms with Gasteiger partial charge in [0.25, 0.3) is 5.91 Å². The van der Waals surface area contributed by atoms with Gasteiger partial charge in [0.2, 0.25) is 0 Å².